The summed E-state index contributed by atoms with van der Waals surface area (Å²) in [4.78, 5) is 29.9. The normalized spacial score (nSPS) is 11.8. The summed E-state index contributed by atoms with van der Waals surface area (Å²) in [5.41, 5.74) is 4.47. The molecule has 0 aliphatic rings. The molecule has 0 saturated carbocycles. The molecule has 5 nitrogen and oxygen atoms in total. The van der Waals surface area contributed by atoms with E-state index in [9.17, 15) is 9.59 Å². The molecule has 0 aliphatic carbocycles. The Kier molecular flexibility index (Phi) is 11.1. The lowest BCUT2D eigenvalue weighted by atomic mass is 9.97. The molecule has 2 N–H and O–H groups in total. The number of anilines is 1. The second kappa shape index (κ2) is 14.5. The lowest BCUT2D eigenvalue weighted by Gasteiger charge is -2.13. The molecular formula is C30H39N3O2S. The Morgan fingerprint density at radius 2 is 1.72 bits per heavy atom. The number of para-hydroxylation sites is 1. The van der Waals surface area contributed by atoms with Gasteiger partial charge in [-0.05, 0) is 44.2 Å². The Hall–Kier alpha value is -2.99. The van der Waals surface area contributed by atoms with Crippen LogP contribution < -0.4 is 10.6 Å². The Labute approximate surface area is 219 Å². The van der Waals surface area contributed by atoms with Crippen LogP contribution in [0, 0.1) is 6.92 Å². The number of aryl methyl sites for hydroxylation is 1. The predicted octanol–water partition coefficient (Wildman–Crippen LogP) is 7.73. The van der Waals surface area contributed by atoms with Gasteiger partial charge in [0.15, 0.2) is 0 Å². The second-order valence-corrected chi connectivity index (χ2v) is 10.3. The van der Waals surface area contributed by atoms with Crippen molar-refractivity contribution in [2.45, 2.75) is 78.1 Å². The van der Waals surface area contributed by atoms with Crippen LogP contribution in [0.1, 0.15) is 92.2 Å². The fourth-order valence-electron chi connectivity index (χ4n) is 4.28. The second-order valence-electron chi connectivity index (χ2n) is 9.37. The number of amides is 2. The van der Waals surface area contributed by atoms with E-state index in [-0.39, 0.29) is 17.7 Å². The number of thiazole rings is 1. The fraction of sp³-hybridized carbons (Fsp3) is 0.433. The van der Waals surface area contributed by atoms with Gasteiger partial charge >= 0.3 is 0 Å². The van der Waals surface area contributed by atoms with Gasteiger partial charge in [0.1, 0.15) is 5.69 Å². The molecule has 0 radical (unpaired) electrons. The number of hydrogen-bond donors (Lipinski definition) is 2. The summed E-state index contributed by atoms with van der Waals surface area (Å²) in [5, 5.41) is 8.92. The molecule has 1 heterocycles. The van der Waals surface area contributed by atoms with Crippen LogP contribution >= 0.6 is 11.3 Å². The highest BCUT2D eigenvalue weighted by atomic mass is 32.1. The molecule has 1 unspecified atom stereocenters. The molecule has 36 heavy (non-hydrogen) atoms. The van der Waals surface area contributed by atoms with Gasteiger partial charge in [0.2, 0.25) is 5.91 Å². The molecule has 2 aromatic carbocycles. The molecule has 0 spiro atoms. The van der Waals surface area contributed by atoms with E-state index in [1.807, 2.05) is 29.6 Å². The number of hydrogen-bond acceptors (Lipinski definition) is 4. The van der Waals surface area contributed by atoms with Crippen molar-refractivity contribution in [3.63, 3.8) is 0 Å². The number of carbonyl (C=O) groups is 2. The van der Waals surface area contributed by atoms with Gasteiger partial charge in [0, 0.05) is 35.5 Å². The van der Waals surface area contributed by atoms with Crippen molar-refractivity contribution >= 4 is 28.8 Å². The molecule has 0 fully saturated rings. The van der Waals surface area contributed by atoms with Crippen LogP contribution in [0.15, 0.2) is 53.9 Å². The number of aromatic nitrogens is 1. The van der Waals surface area contributed by atoms with Crippen LogP contribution in [0.5, 0.6) is 0 Å². The molecule has 1 atom stereocenters. The van der Waals surface area contributed by atoms with E-state index in [1.54, 1.807) is 11.3 Å². The predicted molar refractivity (Wildman–Crippen MR) is 151 cm³/mol. The van der Waals surface area contributed by atoms with Crippen LogP contribution in [0.3, 0.4) is 0 Å². The molecule has 3 aromatic rings. The van der Waals surface area contributed by atoms with E-state index >= 15 is 0 Å². The van der Waals surface area contributed by atoms with Crippen molar-refractivity contribution in [1.29, 1.82) is 0 Å². The van der Waals surface area contributed by atoms with Crippen molar-refractivity contribution in [1.82, 2.24) is 10.3 Å². The van der Waals surface area contributed by atoms with Crippen molar-refractivity contribution < 1.29 is 9.59 Å². The minimum atomic E-state index is -0.196. The maximum Gasteiger partial charge on any atom is 0.275 e. The van der Waals surface area contributed by atoms with Gasteiger partial charge in [-0.15, -0.1) is 11.3 Å². The van der Waals surface area contributed by atoms with Crippen LogP contribution in [0.2, 0.25) is 0 Å². The first-order chi connectivity index (χ1) is 17.5. The first kappa shape index (κ1) is 27.6. The third kappa shape index (κ3) is 8.30. The van der Waals surface area contributed by atoms with E-state index in [1.165, 1.54) is 5.56 Å². The summed E-state index contributed by atoms with van der Waals surface area (Å²) in [6.07, 6.45) is 7.66. The van der Waals surface area contributed by atoms with E-state index in [0.29, 0.717) is 12.1 Å². The molecule has 2 amide bonds. The van der Waals surface area contributed by atoms with E-state index < -0.39 is 0 Å². The minimum absolute atomic E-state index is 0.132. The molecule has 0 bridgehead atoms. The zero-order valence-electron chi connectivity index (χ0n) is 21.8. The van der Waals surface area contributed by atoms with Gasteiger partial charge in [-0.25, -0.2) is 4.98 Å². The van der Waals surface area contributed by atoms with Crippen LogP contribution in [0.4, 0.5) is 5.69 Å². The number of nitrogens with one attached hydrogen (secondary N) is 2. The van der Waals surface area contributed by atoms with Gasteiger partial charge in [-0.3, -0.25) is 9.59 Å². The molecule has 6 heteroatoms. The number of nitrogens with zero attached hydrogens (tertiary/aromatic N) is 1. The third-order valence-electron chi connectivity index (χ3n) is 6.34. The lowest BCUT2D eigenvalue weighted by Crippen LogP contribution is -2.24. The Morgan fingerprint density at radius 3 is 2.47 bits per heavy atom. The topological polar surface area (TPSA) is 71.1 Å². The summed E-state index contributed by atoms with van der Waals surface area (Å²) in [6.45, 7) is 7.15. The average Bonchev–Trinajstić information content (AvgIpc) is 3.38. The molecular weight excluding hydrogens is 466 g/mol. The number of rotatable bonds is 14. The number of benzene rings is 2. The zero-order chi connectivity index (χ0) is 25.8. The summed E-state index contributed by atoms with van der Waals surface area (Å²) in [6, 6.07) is 16.1. The van der Waals surface area contributed by atoms with Gasteiger partial charge in [-0.2, -0.15) is 0 Å². The average molecular weight is 506 g/mol. The standard InChI is InChI=1S/C30H39N3O2S/c1-4-6-9-20-31-28(34)15-10-12-24(11-5-2)30-33-27(21-36-30)29(35)32-26-14-8-7-13-25(26)23-18-16-22(3)17-19-23/h7-8,13-14,16-19,21,24H,4-6,9-12,15,20H2,1-3H3,(H,31,34)(H,32,35). The maximum absolute atomic E-state index is 13.1. The third-order valence-corrected chi connectivity index (χ3v) is 7.34. The highest BCUT2D eigenvalue weighted by Crippen LogP contribution is 2.31. The van der Waals surface area contributed by atoms with Gasteiger partial charge in [0.25, 0.3) is 5.91 Å². The highest BCUT2D eigenvalue weighted by molar-refractivity contribution is 7.10. The van der Waals surface area contributed by atoms with Crippen molar-refractivity contribution in [2.75, 3.05) is 11.9 Å². The minimum Gasteiger partial charge on any atom is -0.356 e. The first-order valence-electron chi connectivity index (χ1n) is 13.2. The van der Waals surface area contributed by atoms with Crippen molar-refractivity contribution in [3.05, 3.63) is 70.2 Å². The van der Waals surface area contributed by atoms with Gasteiger partial charge in [-0.1, -0.05) is 81.1 Å². The van der Waals surface area contributed by atoms with Crippen molar-refractivity contribution in [2.24, 2.45) is 0 Å². The zero-order valence-corrected chi connectivity index (χ0v) is 22.6. The quantitative estimate of drug-likeness (QED) is 0.220. The molecule has 192 valence electrons. The molecule has 0 aliphatic heterocycles. The van der Waals surface area contributed by atoms with Crippen LogP contribution in [-0.4, -0.2) is 23.3 Å². The number of carbonyl (C=O) groups excluding carboxylic acids is 2. The van der Waals surface area contributed by atoms with Crippen LogP contribution in [0.25, 0.3) is 11.1 Å². The smallest absolute Gasteiger partial charge is 0.275 e. The fourth-order valence-corrected chi connectivity index (χ4v) is 5.25. The first-order valence-corrected chi connectivity index (χ1v) is 14.1. The summed E-state index contributed by atoms with van der Waals surface area (Å²) >= 11 is 1.54. The lowest BCUT2D eigenvalue weighted by molar-refractivity contribution is -0.121. The maximum atomic E-state index is 13.1. The van der Waals surface area contributed by atoms with Crippen molar-refractivity contribution in [3.8, 4) is 11.1 Å². The van der Waals surface area contributed by atoms with E-state index in [2.05, 4.69) is 55.7 Å². The van der Waals surface area contributed by atoms with E-state index in [0.717, 1.165) is 73.3 Å². The summed E-state index contributed by atoms with van der Waals surface area (Å²) in [5.74, 6) is 0.209. The van der Waals surface area contributed by atoms with Gasteiger partial charge in [0.05, 0.1) is 5.01 Å². The molecule has 1 aromatic heterocycles. The Morgan fingerprint density at radius 1 is 0.944 bits per heavy atom. The van der Waals surface area contributed by atoms with Crippen LogP contribution in [-0.2, 0) is 4.79 Å². The highest BCUT2D eigenvalue weighted by Gasteiger charge is 2.19. The van der Waals surface area contributed by atoms with E-state index in [4.69, 9.17) is 4.98 Å². The number of unbranched alkanes of at least 4 members (excludes halogenated alkanes) is 2. The largest absolute Gasteiger partial charge is 0.356 e. The summed E-state index contributed by atoms with van der Waals surface area (Å²) in [7, 11) is 0. The monoisotopic (exact) mass is 505 g/mol. The molecule has 0 saturated heterocycles. The Balaban J connectivity index is 1.60. The Bertz CT molecular complexity index is 1110. The molecule has 3 rings (SSSR count). The SMILES string of the molecule is CCCCCNC(=O)CCCC(CCC)c1nc(C(=O)Nc2ccccc2-c2ccc(C)cc2)cs1. The summed E-state index contributed by atoms with van der Waals surface area (Å²) < 4.78 is 0. The van der Waals surface area contributed by atoms with Gasteiger partial charge < -0.3 is 10.6 Å².